The van der Waals surface area contributed by atoms with Crippen LogP contribution in [0.25, 0.3) is 0 Å². The number of rotatable bonds is 8. The molecule has 0 radical (unpaired) electrons. The van der Waals surface area contributed by atoms with Gasteiger partial charge in [-0.05, 0) is 54.1 Å². The third-order valence-corrected chi connectivity index (χ3v) is 6.02. The van der Waals surface area contributed by atoms with Crippen LogP contribution >= 0.6 is 0 Å². The van der Waals surface area contributed by atoms with E-state index >= 15 is 0 Å². The number of sulfonamides is 1. The molecule has 0 spiro atoms. The molecular formula is C22H20FN3O4S. The lowest BCUT2D eigenvalue weighted by Crippen LogP contribution is -2.39. The zero-order valence-electron chi connectivity index (χ0n) is 16.6. The van der Waals surface area contributed by atoms with Gasteiger partial charge < -0.3 is 4.74 Å². The normalized spacial score (nSPS) is 11.3. The topological polar surface area (TPSA) is 88.1 Å². The lowest BCUT2D eigenvalue weighted by Gasteiger charge is -2.23. The smallest absolute Gasteiger partial charge is 0.264 e. The Morgan fingerprint density at radius 2 is 1.77 bits per heavy atom. The maximum absolute atomic E-state index is 13.3. The Bertz CT molecular complexity index is 1170. The number of anilines is 1. The largest absolute Gasteiger partial charge is 0.497 e. The Morgan fingerprint density at radius 3 is 2.45 bits per heavy atom. The van der Waals surface area contributed by atoms with E-state index in [0.717, 1.165) is 16.4 Å². The van der Waals surface area contributed by atoms with E-state index in [9.17, 15) is 17.6 Å². The average molecular weight is 441 g/mol. The molecule has 0 unspecified atom stereocenters. The van der Waals surface area contributed by atoms with Crippen LogP contribution in [0.5, 0.6) is 5.75 Å². The summed E-state index contributed by atoms with van der Waals surface area (Å²) in [7, 11) is -2.53. The number of carbonyl (C=O) groups is 1. The summed E-state index contributed by atoms with van der Waals surface area (Å²) in [5, 5.41) is 3.87. The Labute approximate surface area is 179 Å². The van der Waals surface area contributed by atoms with Crippen molar-refractivity contribution in [3.63, 3.8) is 0 Å². The van der Waals surface area contributed by atoms with Crippen molar-refractivity contribution in [1.29, 1.82) is 0 Å². The van der Waals surface area contributed by atoms with Gasteiger partial charge in [0.15, 0.2) is 0 Å². The summed E-state index contributed by atoms with van der Waals surface area (Å²) in [6.45, 7) is -0.543. The molecule has 0 bridgehead atoms. The fourth-order valence-electron chi connectivity index (χ4n) is 2.71. The summed E-state index contributed by atoms with van der Waals surface area (Å²) in [6.07, 6.45) is 1.41. The van der Waals surface area contributed by atoms with Gasteiger partial charge in [0, 0.05) is 0 Å². The molecule has 9 heteroatoms. The first-order valence-corrected chi connectivity index (χ1v) is 10.6. The van der Waals surface area contributed by atoms with Crippen molar-refractivity contribution in [2.45, 2.75) is 4.90 Å². The third-order valence-electron chi connectivity index (χ3n) is 4.23. The fraction of sp³-hybridized carbons (Fsp3) is 0.0909. The second-order valence-corrected chi connectivity index (χ2v) is 8.23. The van der Waals surface area contributed by atoms with Gasteiger partial charge in [-0.2, -0.15) is 5.10 Å². The van der Waals surface area contributed by atoms with E-state index in [2.05, 4.69) is 10.5 Å². The SMILES string of the molecule is COc1cccc(/C=N\NC(=O)CN(c2ccc(F)cc2)S(=O)(=O)c2ccccc2)c1. The zero-order chi connectivity index (χ0) is 22.3. The van der Waals surface area contributed by atoms with Gasteiger partial charge in [-0.1, -0.05) is 30.3 Å². The molecule has 0 aromatic heterocycles. The van der Waals surface area contributed by atoms with Crippen LogP contribution in [0.2, 0.25) is 0 Å². The predicted molar refractivity (Wildman–Crippen MR) is 116 cm³/mol. The molecule has 160 valence electrons. The van der Waals surface area contributed by atoms with Crippen LogP contribution in [0, 0.1) is 5.82 Å². The number of hydrogen-bond acceptors (Lipinski definition) is 5. The maximum atomic E-state index is 13.3. The number of methoxy groups -OCH3 is 1. The Balaban J connectivity index is 1.80. The molecule has 0 saturated carbocycles. The van der Waals surface area contributed by atoms with Crippen LogP contribution in [0.1, 0.15) is 5.56 Å². The minimum absolute atomic E-state index is 0.00649. The molecule has 1 N–H and O–H groups in total. The maximum Gasteiger partial charge on any atom is 0.264 e. The van der Waals surface area contributed by atoms with E-state index in [0.29, 0.717) is 11.3 Å². The molecule has 31 heavy (non-hydrogen) atoms. The van der Waals surface area contributed by atoms with Crippen molar-refractivity contribution < 1.29 is 22.3 Å². The van der Waals surface area contributed by atoms with E-state index in [1.165, 1.54) is 37.6 Å². The highest BCUT2D eigenvalue weighted by molar-refractivity contribution is 7.92. The number of hydrazone groups is 1. The van der Waals surface area contributed by atoms with Crippen molar-refractivity contribution in [2.24, 2.45) is 5.10 Å². The molecule has 0 atom stereocenters. The second kappa shape index (κ2) is 9.86. The Morgan fingerprint density at radius 1 is 1.06 bits per heavy atom. The summed E-state index contributed by atoms with van der Waals surface area (Å²) in [6, 6.07) is 19.5. The quantitative estimate of drug-likeness (QED) is 0.430. The van der Waals surface area contributed by atoms with Crippen LogP contribution < -0.4 is 14.5 Å². The highest BCUT2D eigenvalue weighted by Gasteiger charge is 2.27. The van der Waals surface area contributed by atoms with Crippen LogP contribution in [-0.2, 0) is 14.8 Å². The lowest BCUT2D eigenvalue weighted by atomic mass is 10.2. The highest BCUT2D eigenvalue weighted by atomic mass is 32.2. The number of benzene rings is 3. The number of halogens is 1. The number of nitrogens with one attached hydrogen (secondary N) is 1. The average Bonchev–Trinajstić information content (AvgIpc) is 2.79. The van der Waals surface area contributed by atoms with Crippen molar-refractivity contribution >= 4 is 27.8 Å². The molecule has 0 aliphatic carbocycles. The number of ether oxygens (including phenoxy) is 1. The van der Waals surface area contributed by atoms with Crippen molar-refractivity contribution in [1.82, 2.24) is 5.43 Å². The molecule has 0 saturated heterocycles. The van der Waals surface area contributed by atoms with E-state index in [1.54, 1.807) is 42.5 Å². The van der Waals surface area contributed by atoms with E-state index < -0.39 is 28.3 Å². The second-order valence-electron chi connectivity index (χ2n) is 6.37. The first kappa shape index (κ1) is 22.0. The first-order chi connectivity index (χ1) is 14.9. The molecule has 3 rings (SSSR count). The molecule has 0 aliphatic rings. The number of amides is 1. The zero-order valence-corrected chi connectivity index (χ0v) is 17.4. The number of nitrogens with zero attached hydrogens (tertiary/aromatic N) is 2. The van der Waals surface area contributed by atoms with Gasteiger partial charge in [0.25, 0.3) is 15.9 Å². The summed E-state index contributed by atoms with van der Waals surface area (Å²) in [4.78, 5) is 12.5. The summed E-state index contributed by atoms with van der Waals surface area (Å²) in [5.74, 6) is -0.553. The van der Waals surface area contributed by atoms with Crippen molar-refractivity contribution in [2.75, 3.05) is 18.0 Å². The van der Waals surface area contributed by atoms with Crippen LogP contribution in [0.15, 0.2) is 88.9 Å². The van der Waals surface area contributed by atoms with Gasteiger partial charge in [0.2, 0.25) is 0 Å². The van der Waals surface area contributed by atoms with Crippen LogP contribution in [0.4, 0.5) is 10.1 Å². The molecule has 7 nitrogen and oxygen atoms in total. The Kier molecular flexibility index (Phi) is 6.99. The van der Waals surface area contributed by atoms with Crippen molar-refractivity contribution in [3.05, 3.63) is 90.2 Å². The van der Waals surface area contributed by atoms with Gasteiger partial charge in [-0.25, -0.2) is 18.2 Å². The first-order valence-electron chi connectivity index (χ1n) is 9.19. The van der Waals surface area contributed by atoms with Crippen LogP contribution in [0.3, 0.4) is 0 Å². The highest BCUT2D eigenvalue weighted by Crippen LogP contribution is 2.23. The van der Waals surface area contributed by atoms with E-state index in [-0.39, 0.29) is 10.6 Å². The summed E-state index contributed by atoms with van der Waals surface area (Å²) in [5.41, 5.74) is 3.15. The minimum atomic E-state index is -4.07. The number of hydrogen-bond donors (Lipinski definition) is 1. The molecule has 3 aromatic rings. The Hall–Kier alpha value is -3.72. The minimum Gasteiger partial charge on any atom is -0.497 e. The third kappa shape index (κ3) is 5.67. The van der Waals surface area contributed by atoms with E-state index in [4.69, 9.17) is 4.74 Å². The summed E-state index contributed by atoms with van der Waals surface area (Å²) < 4.78 is 45.6. The molecule has 0 fully saturated rings. The fourth-order valence-corrected chi connectivity index (χ4v) is 4.15. The summed E-state index contributed by atoms with van der Waals surface area (Å²) >= 11 is 0. The molecule has 0 heterocycles. The van der Waals surface area contributed by atoms with Crippen molar-refractivity contribution in [3.8, 4) is 5.75 Å². The van der Waals surface area contributed by atoms with Gasteiger partial charge in [-0.15, -0.1) is 0 Å². The van der Waals surface area contributed by atoms with Gasteiger partial charge >= 0.3 is 0 Å². The van der Waals surface area contributed by atoms with E-state index in [1.807, 2.05) is 0 Å². The lowest BCUT2D eigenvalue weighted by molar-refractivity contribution is -0.119. The van der Waals surface area contributed by atoms with Gasteiger partial charge in [0.1, 0.15) is 18.1 Å². The predicted octanol–water partition coefficient (Wildman–Crippen LogP) is 3.18. The van der Waals surface area contributed by atoms with Gasteiger partial charge in [0.05, 0.1) is 23.9 Å². The molecule has 0 aliphatic heterocycles. The monoisotopic (exact) mass is 441 g/mol. The number of carbonyl (C=O) groups excluding carboxylic acids is 1. The van der Waals surface area contributed by atoms with Crippen LogP contribution in [-0.4, -0.2) is 34.2 Å². The molecule has 3 aromatic carbocycles. The standard InChI is InChI=1S/C22H20FN3O4S/c1-30-20-7-5-6-17(14-20)15-24-25-22(27)16-26(19-12-10-18(23)11-13-19)31(28,29)21-8-3-2-4-9-21/h2-15H,16H2,1H3,(H,25,27)/b24-15-. The van der Waals surface area contributed by atoms with Gasteiger partial charge in [-0.3, -0.25) is 9.10 Å². The molecule has 1 amide bonds. The molecular weight excluding hydrogens is 421 g/mol.